The van der Waals surface area contributed by atoms with Gasteiger partial charge in [0.15, 0.2) is 0 Å². The van der Waals surface area contributed by atoms with Crippen molar-refractivity contribution in [3.63, 3.8) is 0 Å². The minimum Gasteiger partial charge on any atom is -0.289 e. The zero-order chi connectivity index (χ0) is 8.27. The number of aromatic nitrogens is 2. The molecule has 0 aliphatic heterocycles. The normalized spacial score (nSPS) is 9.27. The van der Waals surface area contributed by atoms with Gasteiger partial charge in [-0.3, -0.25) is 10.2 Å². The fraction of sp³-hybridized carbons (Fsp3) is 0. The fourth-order valence-electron chi connectivity index (χ4n) is 0.532. The van der Waals surface area contributed by atoms with Gasteiger partial charge in [-0.15, -0.1) is 0 Å². The molecule has 3 N–H and O–H groups in total. The molecule has 0 fully saturated rings. The number of hydrogen-bond donors (Lipinski definition) is 2. The van der Waals surface area contributed by atoms with Gasteiger partial charge in [0.1, 0.15) is 17.2 Å². The molecule has 0 atom stereocenters. The lowest BCUT2D eigenvalue weighted by Crippen LogP contribution is -2.30. The summed E-state index contributed by atoms with van der Waals surface area (Å²) in [5, 5.41) is 0.207. The lowest BCUT2D eigenvalue weighted by atomic mass is 10.4. The van der Waals surface area contributed by atoms with Crippen LogP contribution in [0.5, 0.6) is 0 Å². The Kier molecular flexibility index (Phi) is 2.35. The summed E-state index contributed by atoms with van der Waals surface area (Å²) in [5.74, 6) is 4.36. The van der Waals surface area contributed by atoms with Crippen LogP contribution in [-0.4, -0.2) is 15.9 Å². The summed E-state index contributed by atoms with van der Waals surface area (Å²) >= 11 is 5.47. The molecule has 0 aliphatic carbocycles. The van der Waals surface area contributed by atoms with Crippen LogP contribution in [0.4, 0.5) is 0 Å². The van der Waals surface area contributed by atoms with Gasteiger partial charge in [-0.2, -0.15) is 0 Å². The van der Waals surface area contributed by atoms with Crippen molar-refractivity contribution in [1.82, 2.24) is 15.4 Å². The first-order valence-corrected chi connectivity index (χ1v) is 3.10. The van der Waals surface area contributed by atoms with E-state index in [0.717, 1.165) is 0 Å². The molecule has 0 bridgehead atoms. The highest BCUT2D eigenvalue weighted by Crippen LogP contribution is 2.02. The van der Waals surface area contributed by atoms with Crippen molar-refractivity contribution in [3.05, 3.63) is 23.2 Å². The van der Waals surface area contributed by atoms with Crippen molar-refractivity contribution in [2.45, 2.75) is 0 Å². The highest BCUT2D eigenvalue weighted by atomic mass is 35.5. The standard InChI is InChI=1S/C5H5ClN4O/c6-4-1-3(5(11)10-7)8-2-9-4/h1-2H,7H2,(H,10,11). The van der Waals surface area contributed by atoms with E-state index in [2.05, 4.69) is 9.97 Å². The molecule has 0 aliphatic rings. The van der Waals surface area contributed by atoms with Crippen LogP contribution >= 0.6 is 11.6 Å². The van der Waals surface area contributed by atoms with Crippen molar-refractivity contribution in [1.29, 1.82) is 0 Å². The summed E-state index contributed by atoms with van der Waals surface area (Å²) in [5.41, 5.74) is 2.07. The topological polar surface area (TPSA) is 80.9 Å². The average Bonchev–Trinajstić information content (AvgIpc) is 2.03. The molecule has 58 valence electrons. The number of hydrogen-bond acceptors (Lipinski definition) is 4. The van der Waals surface area contributed by atoms with E-state index in [0.29, 0.717) is 0 Å². The molecule has 0 saturated carbocycles. The number of rotatable bonds is 1. The van der Waals surface area contributed by atoms with Gasteiger partial charge in [-0.1, -0.05) is 11.6 Å². The molecule has 5 nitrogen and oxygen atoms in total. The van der Waals surface area contributed by atoms with Crippen LogP contribution in [-0.2, 0) is 0 Å². The first-order valence-electron chi connectivity index (χ1n) is 2.72. The van der Waals surface area contributed by atoms with Crippen LogP contribution in [0.3, 0.4) is 0 Å². The number of nitrogen functional groups attached to an aromatic ring is 1. The second kappa shape index (κ2) is 3.27. The molecule has 0 unspecified atom stereocenters. The molecular formula is C5H5ClN4O. The molecule has 1 aromatic heterocycles. The van der Waals surface area contributed by atoms with Crippen molar-refractivity contribution in [2.75, 3.05) is 0 Å². The smallest absolute Gasteiger partial charge is 0.283 e. The van der Waals surface area contributed by atoms with Crippen molar-refractivity contribution in [3.8, 4) is 0 Å². The molecule has 0 aromatic carbocycles. The third-order valence-electron chi connectivity index (χ3n) is 0.997. The lowest BCUT2D eigenvalue weighted by Gasteiger charge is -1.96. The second-order valence-electron chi connectivity index (χ2n) is 1.70. The highest BCUT2D eigenvalue weighted by Gasteiger charge is 2.04. The first-order chi connectivity index (χ1) is 5.24. The predicted molar refractivity (Wildman–Crippen MR) is 38.7 cm³/mol. The molecule has 0 spiro atoms. The molecule has 1 rings (SSSR count). The van der Waals surface area contributed by atoms with Gasteiger partial charge in [0, 0.05) is 6.07 Å². The molecule has 11 heavy (non-hydrogen) atoms. The minimum absolute atomic E-state index is 0.146. The Labute approximate surface area is 67.6 Å². The van der Waals surface area contributed by atoms with E-state index in [-0.39, 0.29) is 10.8 Å². The third kappa shape index (κ3) is 1.86. The summed E-state index contributed by atoms with van der Waals surface area (Å²) in [6.07, 6.45) is 1.19. The van der Waals surface area contributed by atoms with Gasteiger partial charge in [0.05, 0.1) is 0 Å². The number of carbonyl (C=O) groups is 1. The van der Waals surface area contributed by atoms with Crippen LogP contribution in [0.1, 0.15) is 10.5 Å². The van der Waals surface area contributed by atoms with E-state index in [1.165, 1.54) is 12.4 Å². The molecule has 1 aromatic rings. The monoisotopic (exact) mass is 172 g/mol. The van der Waals surface area contributed by atoms with Crippen molar-refractivity contribution >= 4 is 17.5 Å². The molecule has 1 heterocycles. The molecule has 1 amide bonds. The van der Waals surface area contributed by atoms with Gasteiger partial charge in [0.25, 0.3) is 5.91 Å². The Morgan fingerprint density at radius 3 is 2.91 bits per heavy atom. The molecular weight excluding hydrogens is 168 g/mol. The summed E-state index contributed by atoms with van der Waals surface area (Å²) in [4.78, 5) is 18.0. The van der Waals surface area contributed by atoms with Crippen molar-refractivity contribution < 1.29 is 4.79 Å². The number of nitrogens with zero attached hydrogens (tertiary/aromatic N) is 2. The van der Waals surface area contributed by atoms with Crippen molar-refractivity contribution in [2.24, 2.45) is 5.84 Å². The first kappa shape index (κ1) is 7.90. The van der Waals surface area contributed by atoms with Gasteiger partial charge >= 0.3 is 0 Å². The highest BCUT2D eigenvalue weighted by molar-refractivity contribution is 6.29. The zero-order valence-corrected chi connectivity index (χ0v) is 6.17. The molecule has 0 radical (unpaired) electrons. The maximum atomic E-state index is 10.8. The maximum Gasteiger partial charge on any atom is 0.283 e. The Hall–Kier alpha value is -1.20. The average molecular weight is 173 g/mol. The largest absolute Gasteiger partial charge is 0.289 e. The van der Waals surface area contributed by atoms with Crippen LogP contribution in [0.25, 0.3) is 0 Å². The predicted octanol–water partition coefficient (Wildman–Crippen LogP) is -0.267. The van der Waals surface area contributed by atoms with Crippen LogP contribution in [0.15, 0.2) is 12.4 Å². The Bertz CT molecular complexity index is 277. The van der Waals surface area contributed by atoms with E-state index in [1.807, 2.05) is 5.43 Å². The quantitative estimate of drug-likeness (QED) is 0.265. The van der Waals surface area contributed by atoms with Crippen LogP contribution in [0, 0.1) is 0 Å². The second-order valence-corrected chi connectivity index (χ2v) is 2.09. The number of nitrogens with one attached hydrogen (secondary N) is 1. The number of hydrazine groups is 1. The molecule has 6 heteroatoms. The number of nitrogens with two attached hydrogens (primary N) is 1. The summed E-state index contributed by atoms with van der Waals surface area (Å²) in [6, 6.07) is 1.32. The Morgan fingerprint density at radius 1 is 1.64 bits per heavy atom. The minimum atomic E-state index is -0.491. The number of carbonyl (C=O) groups excluding carboxylic acids is 1. The number of halogens is 1. The van der Waals surface area contributed by atoms with E-state index in [9.17, 15) is 4.79 Å². The summed E-state index contributed by atoms with van der Waals surface area (Å²) < 4.78 is 0. The third-order valence-corrected chi connectivity index (χ3v) is 1.20. The summed E-state index contributed by atoms with van der Waals surface area (Å²) in [6.45, 7) is 0. The Morgan fingerprint density at radius 2 is 2.36 bits per heavy atom. The van der Waals surface area contributed by atoms with Gasteiger partial charge in [0.2, 0.25) is 0 Å². The lowest BCUT2D eigenvalue weighted by molar-refractivity contribution is 0.0948. The van der Waals surface area contributed by atoms with Gasteiger partial charge in [-0.05, 0) is 0 Å². The SMILES string of the molecule is NNC(=O)c1cc(Cl)ncn1. The fourth-order valence-corrected chi connectivity index (χ4v) is 0.679. The van der Waals surface area contributed by atoms with Crippen LogP contribution < -0.4 is 11.3 Å². The van der Waals surface area contributed by atoms with E-state index < -0.39 is 5.91 Å². The van der Waals surface area contributed by atoms with E-state index in [4.69, 9.17) is 17.4 Å². The van der Waals surface area contributed by atoms with Crippen LogP contribution in [0.2, 0.25) is 5.15 Å². The van der Waals surface area contributed by atoms with Gasteiger partial charge in [-0.25, -0.2) is 15.8 Å². The maximum absolute atomic E-state index is 10.8. The Balaban J connectivity index is 2.96. The van der Waals surface area contributed by atoms with Gasteiger partial charge < -0.3 is 0 Å². The summed E-state index contributed by atoms with van der Waals surface area (Å²) in [7, 11) is 0. The van der Waals surface area contributed by atoms with E-state index in [1.54, 1.807) is 0 Å². The molecule has 0 saturated heterocycles. The van der Waals surface area contributed by atoms with E-state index >= 15 is 0 Å². The zero-order valence-electron chi connectivity index (χ0n) is 5.41. The number of amides is 1.